The van der Waals surface area contributed by atoms with E-state index in [-0.39, 0.29) is 6.04 Å². The molecule has 0 fully saturated rings. The normalized spacial score (nSPS) is 13.5. The Hall–Kier alpha value is -0.430. The highest BCUT2D eigenvalue weighted by atomic mass is 32.2. The quantitative estimate of drug-likeness (QED) is 0.646. The molecule has 6 heteroatoms. The standard InChI is InChI=1S/C15H28N2O2S2/c1-5-7-8-12(3)17-21(18,19)15-10-14(20-13(15)4)11-16-9-6-2/h10,12,16-17H,5-9,11H2,1-4H3. The highest BCUT2D eigenvalue weighted by molar-refractivity contribution is 7.89. The molecule has 1 unspecified atom stereocenters. The second-order valence-corrected chi connectivity index (χ2v) is 8.50. The lowest BCUT2D eigenvalue weighted by molar-refractivity contribution is 0.534. The average molecular weight is 333 g/mol. The van der Waals surface area contributed by atoms with Gasteiger partial charge in [-0.25, -0.2) is 13.1 Å². The van der Waals surface area contributed by atoms with Crippen molar-refractivity contribution in [3.05, 3.63) is 15.8 Å². The minimum absolute atomic E-state index is 0.0177. The zero-order valence-corrected chi connectivity index (χ0v) is 15.2. The molecule has 1 atom stereocenters. The summed E-state index contributed by atoms with van der Waals surface area (Å²) in [6.45, 7) is 9.72. The first kappa shape index (κ1) is 18.6. The van der Waals surface area contributed by atoms with Gasteiger partial charge >= 0.3 is 0 Å². The number of nitrogens with one attached hydrogen (secondary N) is 2. The van der Waals surface area contributed by atoms with E-state index in [0.717, 1.165) is 48.5 Å². The number of rotatable bonds is 10. The molecular formula is C15H28N2O2S2. The Kier molecular flexibility index (Phi) is 7.87. The van der Waals surface area contributed by atoms with Crippen molar-refractivity contribution in [1.82, 2.24) is 10.0 Å². The number of sulfonamides is 1. The molecule has 1 rings (SSSR count). The predicted octanol–water partition coefficient (Wildman–Crippen LogP) is 3.41. The smallest absolute Gasteiger partial charge is 0.241 e. The van der Waals surface area contributed by atoms with E-state index >= 15 is 0 Å². The summed E-state index contributed by atoms with van der Waals surface area (Å²) in [4.78, 5) is 2.37. The lowest BCUT2D eigenvalue weighted by atomic mass is 10.2. The van der Waals surface area contributed by atoms with E-state index in [1.807, 2.05) is 13.8 Å². The van der Waals surface area contributed by atoms with Crippen molar-refractivity contribution in [2.45, 2.75) is 70.9 Å². The van der Waals surface area contributed by atoms with Crippen LogP contribution in [0, 0.1) is 6.92 Å². The summed E-state index contributed by atoms with van der Waals surface area (Å²) in [6, 6.07) is 1.79. The molecule has 0 spiro atoms. The van der Waals surface area contributed by atoms with Crippen LogP contribution >= 0.6 is 11.3 Å². The molecule has 0 aromatic carbocycles. The van der Waals surface area contributed by atoms with Crippen LogP contribution in [0.5, 0.6) is 0 Å². The topological polar surface area (TPSA) is 58.2 Å². The van der Waals surface area contributed by atoms with Crippen LogP contribution in [0.1, 0.15) is 56.2 Å². The Morgan fingerprint density at radius 1 is 1.29 bits per heavy atom. The van der Waals surface area contributed by atoms with E-state index in [1.165, 1.54) is 0 Å². The number of aryl methyl sites for hydroxylation is 1. The maximum Gasteiger partial charge on any atom is 0.241 e. The van der Waals surface area contributed by atoms with Crippen molar-refractivity contribution in [2.24, 2.45) is 0 Å². The summed E-state index contributed by atoms with van der Waals surface area (Å²) in [7, 11) is -3.40. The largest absolute Gasteiger partial charge is 0.312 e. The molecule has 1 aromatic heterocycles. The Morgan fingerprint density at radius 2 is 2.00 bits per heavy atom. The lowest BCUT2D eigenvalue weighted by Gasteiger charge is -2.13. The number of thiophene rings is 1. The minimum atomic E-state index is -3.40. The first-order valence-corrected chi connectivity index (χ1v) is 10.0. The molecule has 0 saturated heterocycles. The fourth-order valence-electron chi connectivity index (χ4n) is 2.16. The van der Waals surface area contributed by atoms with Gasteiger partial charge in [0.25, 0.3) is 0 Å². The predicted molar refractivity (Wildman–Crippen MR) is 90.4 cm³/mol. The van der Waals surface area contributed by atoms with Crippen molar-refractivity contribution < 1.29 is 8.42 Å². The Balaban J connectivity index is 2.74. The van der Waals surface area contributed by atoms with Gasteiger partial charge in [0.05, 0.1) is 4.90 Å². The van der Waals surface area contributed by atoms with E-state index in [1.54, 1.807) is 17.4 Å². The van der Waals surface area contributed by atoms with Gasteiger partial charge in [-0.2, -0.15) is 0 Å². The molecule has 0 radical (unpaired) electrons. The van der Waals surface area contributed by atoms with Crippen molar-refractivity contribution in [3.8, 4) is 0 Å². The molecule has 0 bridgehead atoms. The summed E-state index contributed by atoms with van der Waals surface area (Å²) in [6.07, 6.45) is 4.07. The van der Waals surface area contributed by atoms with Crippen LogP contribution in [-0.2, 0) is 16.6 Å². The van der Waals surface area contributed by atoms with Crippen LogP contribution < -0.4 is 10.0 Å². The van der Waals surface area contributed by atoms with E-state index in [2.05, 4.69) is 23.9 Å². The number of hydrogen-bond acceptors (Lipinski definition) is 4. The molecule has 0 saturated carbocycles. The lowest BCUT2D eigenvalue weighted by Crippen LogP contribution is -2.32. The van der Waals surface area contributed by atoms with Crippen LogP contribution in [-0.4, -0.2) is 21.0 Å². The molecule has 4 nitrogen and oxygen atoms in total. The Labute approximate surface area is 133 Å². The van der Waals surface area contributed by atoms with Crippen molar-refractivity contribution >= 4 is 21.4 Å². The zero-order chi connectivity index (χ0) is 15.9. The molecule has 2 N–H and O–H groups in total. The van der Waals surface area contributed by atoms with Gasteiger partial charge in [0.2, 0.25) is 10.0 Å². The van der Waals surface area contributed by atoms with Gasteiger partial charge in [0.1, 0.15) is 0 Å². The molecule has 0 amide bonds. The SMILES string of the molecule is CCCCC(C)NS(=O)(=O)c1cc(CNCCC)sc1C. The van der Waals surface area contributed by atoms with Gasteiger partial charge in [0, 0.05) is 22.3 Å². The molecule has 1 aromatic rings. The molecule has 0 aliphatic rings. The summed E-state index contributed by atoms with van der Waals surface area (Å²) in [5, 5.41) is 3.31. The first-order valence-electron chi connectivity index (χ1n) is 7.73. The molecule has 122 valence electrons. The molecule has 21 heavy (non-hydrogen) atoms. The summed E-state index contributed by atoms with van der Waals surface area (Å²) in [5.41, 5.74) is 0. The fraction of sp³-hybridized carbons (Fsp3) is 0.733. The Bertz CT molecular complexity index is 524. The second kappa shape index (κ2) is 8.88. The third-order valence-corrected chi connectivity index (χ3v) is 6.18. The maximum atomic E-state index is 12.4. The molecule has 1 heterocycles. The molecular weight excluding hydrogens is 304 g/mol. The summed E-state index contributed by atoms with van der Waals surface area (Å²) >= 11 is 1.55. The minimum Gasteiger partial charge on any atom is -0.312 e. The van der Waals surface area contributed by atoms with Crippen LogP contribution in [0.25, 0.3) is 0 Å². The average Bonchev–Trinajstić information content (AvgIpc) is 2.78. The third-order valence-electron chi connectivity index (χ3n) is 3.29. The molecule has 0 aliphatic heterocycles. The number of hydrogen-bond donors (Lipinski definition) is 2. The van der Waals surface area contributed by atoms with Crippen molar-refractivity contribution in [1.29, 1.82) is 0 Å². The van der Waals surface area contributed by atoms with E-state index in [0.29, 0.717) is 4.90 Å². The zero-order valence-electron chi connectivity index (χ0n) is 13.5. The van der Waals surface area contributed by atoms with Gasteiger partial charge in [-0.15, -0.1) is 11.3 Å². The van der Waals surface area contributed by atoms with Gasteiger partial charge in [-0.05, 0) is 39.3 Å². The Morgan fingerprint density at radius 3 is 2.62 bits per heavy atom. The van der Waals surface area contributed by atoms with E-state index in [9.17, 15) is 8.42 Å². The number of unbranched alkanes of at least 4 members (excludes halogenated alkanes) is 1. The van der Waals surface area contributed by atoms with Crippen LogP contribution in [0.3, 0.4) is 0 Å². The summed E-state index contributed by atoms with van der Waals surface area (Å²) in [5.74, 6) is 0. The van der Waals surface area contributed by atoms with Gasteiger partial charge < -0.3 is 5.32 Å². The first-order chi connectivity index (χ1) is 9.90. The third kappa shape index (κ3) is 6.06. The van der Waals surface area contributed by atoms with Gasteiger partial charge in [0.15, 0.2) is 0 Å². The molecule has 0 aliphatic carbocycles. The summed E-state index contributed by atoms with van der Waals surface area (Å²) < 4.78 is 27.7. The second-order valence-electron chi connectivity index (χ2n) is 5.47. The van der Waals surface area contributed by atoms with Gasteiger partial charge in [-0.1, -0.05) is 26.7 Å². The maximum absolute atomic E-state index is 12.4. The van der Waals surface area contributed by atoms with Crippen LogP contribution in [0.4, 0.5) is 0 Å². The van der Waals surface area contributed by atoms with E-state index < -0.39 is 10.0 Å². The highest BCUT2D eigenvalue weighted by Gasteiger charge is 2.21. The van der Waals surface area contributed by atoms with Gasteiger partial charge in [-0.3, -0.25) is 0 Å². The monoisotopic (exact) mass is 332 g/mol. The van der Waals surface area contributed by atoms with Crippen LogP contribution in [0.2, 0.25) is 0 Å². The van der Waals surface area contributed by atoms with Crippen LogP contribution in [0.15, 0.2) is 11.0 Å². The van der Waals surface area contributed by atoms with E-state index in [4.69, 9.17) is 0 Å². The highest BCUT2D eigenvalue weighted by Crippen LogP contribution is 2.26. The van der Waals surface area contributed by atoms with Crippen molar-refractivity contribution in [3.63, 3.8) is 0 Å². The van der Waals surface area contributed by atoms with Crippen molar-refractivity contribution in [2.75, 3.05) is 6.54 Å². The fourth-order valence-corrected chi connectivity index (χ4v) is 5.05.